The average molecular weight is 262 g/mol. The molecule has 1 aromatic carbocycles. The van der Waals surface area contributed by atoms with E-state index < -0.39 is 0 Å². The molecule has 0 aromatic heterocycles. The van der Waals surface area contributed by atoms with Crippen molar-refractivity contribution in [2.24, 2.45) is 0 Å². The molecule has 0 atom stereocenters. The molecule has 0 amide bonds. The Morgan fingerprint density at radius 2 is 1.91 bits per heavy atom. The molecule has 0 unspecified atom stereocenters. The summed E-state index contributed by atoms with van der Waals surface area (Å²) in [5, 5.41) is 0. The standard InChI is InChI=1S/C9H11IO/c1-11-7-9-5-3-2-4-8(9)6-10/h2-5H,6-7H2,1H3. The smallest absolute Gasteiger partial charge is 0.0716 e. The number of rotatable bonds is 3. The van der Waals surface area contributed by atoms with Crippen molar-refractivity contribution < 1.29 is 4.74 Å². The molecule has 0 bridgehead atoms. The fourth-order valence-corrected chi connectivity index (χ4v) is 1.73. The number of ether oxygens (including phenoxy) is 1. The zero-order valence-electron chi connectivity index (χ0n) is 6.51. The fourth-order valence-electron chi connectivity index (χ4n) is 0.984. The van der Waals surface area contributed by atoms with E-state index in [9.17, 15) is 0 Å². The zero-order chi connectivity index (χ0) is 8.10. The Bertz CT molecular complexity index is 223. The minimum absolute atomic E-state index is 0.721. The summed E-state index contributed by atoms with van der Waals surface area (Å²) in [6.45, 7) is 0.721. The Kier molecular flexibility index (Phi) is 3.86. The van der Waals surface area contributed by atoms with Gasteiger partial charge in [-0.05, 0) is 11.1 Å². The maximum absolute atomic E-state index is 5.07. The first-order valence-electron chi connectivity index (χ1n) is 3.50. The summed E-state index contributed by atoms with van der Waals surface area (Å²) in [6.07, 6.45) is 0. The van der Waals surface area contributed by atoms with Crippen LogP contribution in [0.1, 0.15) is 11.1 Å². The number of methoxy groups -OCH3 is 1. The molecule has 1 aromatic rings. The normalized spacial score (nSPS) is 10.0. The molecule has 0 saturated carbocycles. The quantitative estimate of drug-likeness (QED) is 0.601. The number of benzene rings is 1. The van der Waals surface area contributed by atoms with Crippen molar-refractivity contribution in [1.29, 1.82) is 0 Å². The lowest BCUT2D eigenvalue weighted by atomic mass is 10.1. The van der Waals surface area contributed by atoms with Crippen molar-refractivity contribution in [2.45, 2.75) is 11.0 Å². The van der Waals surface area contributed by atoms with Gasteiger partial charge in [0.15, 0.2) is 0 Å². The second-order valence-corrected chi connectivity index (χ2v) is 3.10. The van der Waals surface area contributed by atoms with E-state index in [0.29, 0.717) is 0 Å². The van der Waals surface area contributed by atoms with Crippen LogP contribution < -0.4 is 0 Å². The first-order valence-corrected chi connectivity index (χ1v) is 5.02. The van der Waals surface area contributed by atoms with E-state index in [-0.39, 0.29) is 0 Å². The highest BCUT2D eigenvalue weighted by molar-refractivity contribution is 14.1. The Morgan fingerprint density at radius 1 is 1.27 bits per heavy atom. The van der Waals surface area contributed by atoms with E-state index in [1.807, 2.05) is 6.07 Å². The molecular weight excluding hydrogens is 251 g/mol. The van der Waals surface area contributed by atoms with Gasteiger partial charge in [-0.15, -0.1) is 0 Å². The first kappa shape index (κ1) is 9.00. The van der Waals surface area contributed by atoms with Crippen molar-refractivity contribution in [3.05, 3.63) is 35.4 Å². The average Bonchev–Trinajstić information content (AvgIpc) is 2.06. The molecule has 0 radical (unpaired) electrons. The predicted octanol–water partition coefficient (Wildman–Crippen LogP) is 2.77. The lowest BCUT2D eigenvalue weighted by molar-refractivity contribution is 0.184. The van der Waals surface area contributed by atoms with Crippen LogP contribution in [0.4, 0.5) is 0 Å². The molecule has 0 spiro atoms. The van der Waals surface area contributed by atoms with Crippen molar-refractivity contribution >= 4 is 22.6 Å². The minimum Gasteiger partial charge on any atom is -0.380 e. The maximum atomic E-state index is 5.07. The van der Waals surface area contributed by atoms with Gasteiger partial charge >= 0.3 is 0 Å². The molecule has 60 valence electrons. The van der Waals surface area contributed by atoms with Gasteiger partial charge in [0.05, 0.1) is 6.61 Å². The summed E-state index contributed by atoms with van der Waals surface area (Å²) in [6, 6.07) is 8.36. The molecule has 0 aliphatic rings. The number of alkyl halides is 1. The highest BCUT2D eigenvalue weighted by atomic mass is 127. The topological polar surface area (TPSA) is 9.23 Å². The van der Waals surface area contributed by atoms with Crippen LogP contribution in [0.15, 0.2) is 24.3 Å². The van der Waals surface area contributed by atoms with Crippen LogP contribution in [-0.2, 0) is 15.8 Å². The molecule has 0 aliphatic heterocycles. The van der Waals surface area contributed by atoms with Gasteiger partial charge in [0.2, 0.25) is 0 Å². The molecule has 1 rings (SSSR count). The Labute approximate surface area is 80.9 Å². The number of hydrogen-bond donors (Lipinski definition) is 0. The summed E-state index contributed by atoms with van der Waals surface area (Å²) in [4.78, 5) is 0. The van der Waals surface area contributed by atoms with Crippen molar-refractivity contribution in [2.75, 3.05) is 7.11 Å². The van der Waals surface area contributed by atoms with E-state index in [0.717, 1.165) is 11.0 Å². The number of hydrogen-bond acceptors (Lipinski definition) is 1. The van der Waals surface area contributed by atoms with Gasteiger partial charge in [-0.1, -0.05) is 46.9 Å². The van der Waals surface area contributed by atoms with E-state index >= 15 is 0 Å². The van der Waals surface area contributed by atoms with Gasteiger partial charge in [-0.25, -0.2) is 0 Å². The van der Waals surface area contributed by atoms with Gasteiger partial charge < -0.3 is 4.74 Å². The first-order chi connectivity index (χ1) is 5.38. The van der Waals surface area contributed by atoms with Gasteiger partial charge in [0.25, 0.3) is 0 Å². The molecular formula is C9H11IO. The third kappa shape index (κ3) is 2.45. The SMILES string of the molecule is COCc1ccccc1CI. The maximum Gasteiger partial charge on any atom is 0.0716 e. The summed E-state index contributed by atoms with van der Waals surface area (Å²) in [5.74, 6) is 0. The highest BCUT2D eigenvalue weighted by Gasteiger charge is 1.97. The molecule has 0 saturated heterocycles. The van der Waals surface area contributed by atoms with Gasteiger partial charge in [-0.3, -0.25) is 0 Å². The van der Waals surface area contributed by atoms with Gasteiger partial charge in [0, 0.05) is 11.5 Å². The summed E-state index contributed by atoms with van der Waals surface area (Å²) < 4.78 is 6.12. The third-order valence-corrected chi connectivity index (χ3v) is 2.38. The minimum atomic E-state index is 0.721. The van der Waals surface area contributed by atoms with E-state index in [1.165, 1.54) is 11.1 Å². The Hall–Kier alpha value is -0.0900. The molecule has 0 fully saturated rings. The van der Waals surface area contributed by atoms with Crippen LogP contribution in [0.3, 0.4) is 0 Å². The fraction of sp³-hybridized carbons (Fsp3) is 0.333. The third-order valence-electron chi connectivity index (χ3n) is 1.56. The van der Waals surface area contributed by atoms with E-state index in [1.54, 1.807) is 7.11 Å². The molecule has 0 heterocycles. The Morgan fingerprint density at radius 3 is 2.45 bits per heavy atom. The van der Waals surface area contributed by atoms with Crippen LogP contribution in [0.5, 0.6) is 0 Å². The van der Waals surface area contributed by atoms with Gasteiger partial charge in [-0.2, -0.15) is 0 Å². The van der Waals surface area contributed by atoms with Crippen LogP contribution in [0, 0.1) is 0 Å². The van der Waals surface area contributed by atoms with Crippen molar-refractivity contribution in [3.63, 3.8) is 0 Å². The molecule has 0 N–H and O–H groups in total. The van der Waals surface area contributed by atoms with Crippen LogP contribution >= 0.6 is 22.6 Å². The molecule has 0 aliphatic carbocycles. The van der Waals surface area contributed by atoms with Gasteiger partial charge in [0.1, 0.15) is 0 Å². The lowest BCUT2D eigenvalue weighted by Crippen LogP contribution is -1.92. The monoisotopic (exact) mass is 262 g/mol. The van der Waals surface area contributed by atoms with E-state index in [2.05, 4.69) is 40.8 Å². The zero-order valence-corrected chi connectivity index (χ0v) is 8.67. The Balaban J connectivity index is 2.83. The van der Waals surface area contributed by atoms with E-state index in [4.69, 9.17) is 4.74 Å². The summed E-state index contributed by atoms with van der Waals surface area (Å²) in [7, 11) is 1.73. The second kappa shape index (κ2) is 4.72. The number of halogens is 1. The van der Waals surface area contributed by atoms with Crippen molar-refractivity contribution in [3.8, 4) is 0 Å². The van der Waals surface area contributed by atoms with Crippen molar-refractivity contribution in [1.82, 2.24) is 0 Å². The predicted molar refractivity (Wildman–Crippen MR) is 54.9 cm³/mol. The van der Waals surface area contributed by atoms with Crippen LogP contribution in [0.2, 0.25) is 0 Å². The molecule has 11 heavy (non-hydrogen) atoms. The molecule has 1 nitrogen and oxygen atoms in total. The molecule has 2 heteroatoms. The largest absolute Gasteiger partial charge is 0.380 e. The van der Waals surface area contributed by atoms with Crippen LogP contribution in [-0.4, -0.2) is 7.11 Å². The lowest BCUT2D eigenvalue weighted by Gasteiger charge is -2.04. The van der Waals surface area contributed by atoms with Crippen LogP contribution in [0.25, 0.3) is 0 Å². The highest BCUT2D eigenvalue weighted by Crippen LogP contribution is 2.12. The second-order valence-electron chi connectivity index (χ2n) is 2.34. The summed E-state index contributed by atoms with van der Waals surface area (Å²) in [5.41, 5.74) is 2.67. The summed E-state index contributed by atoms with van der Waals surface area (Å²) >= 11 is 2.36.